The maximum atomic E-state index is 2.42. The van der Waals surface area contributed by atoms with Crippen LogP contribution in [0.1, 0.15) is 48.4 Å². The largest absolute Gasteiger partial charge is 0.0836 e. The van der Waals surface area contributed by atoms with Gasteiger partial charge in [-0.1, -0.05) is 78.7 Å². The minimum atomic E-state index is 1.07. The summed E-state index contributed by atoms with van der Waals surface area (Å²) in [5.74, 6) is 0. The van der Waals surface area contributed by atoms with Crippen molar-refractivity contribution in [2.24, 2.45) is 0 Å². The lowest BCUT2D eigenvalue weighted by Gasteiger charge is -2.26. The van der Waals surface area contributed by atoms with Crippen LogP contribution >= 0.6 is 0 Å². The van der Waals surface area contributed by atoms with E-state index in [0.717, 1.165) is 6.42 Å². The Balaban J connectivity index is 1.82. The number of fused-ring (bicyclic) bond motifs is 4. The highest BCUT2D eigenvalue weighted by Gasteiger charge is 2.22. The fourth-order valence-electron chi connectivity index (χ4n) is 4.81. The molecule has 0 saturated carbocycles. The van der Waals surface area contributed by atoms with Crippen molar-refractivity contribution in [3.05, 3.63) is 88.5 Å². The molecule has 0 heterocycles. The van der Waals surface area contributed by atoms with Gasteiger partial charge >= 0.3 is 0 Å². The van der Waals surface area contributed by atoms with Gasteiger partial charge in [-0.15, -0.1) is 0 Å². The number of hydrogen-bond acceptors (Lipinski definition) is 0. The number of hydrogen-bond donors (Lipinski definition) is 0. The molecule has 0 saturated heterocycles. The van der Waals surface area contributed by atoms with Gasteiger partial charge in [0.25, 0.3) is 0 Å². The van der Waals surface area contributed by atoms with Gasteiger partial charge in [0, 0.05) is 0 Å². The van der Waals surface area contributed by atoms with Crippen LogP contribution in [0.15, 0.2) is 66.3 Å². The average Bonchev–Trinajstić information content (AvgIpc) is 2.73. The lowest BCUT2D eigenvalue weighted by atomic mass is 9.78. The summed E-state index contributed by atoms with van der Waals surface area (Å²) in [5.41, 5.74) is 11.7. The van der Waals surface area contributed by atoms with Crippen LogP contribution in [0.2, 0.25) is 0 Å². The second-order valence-electron chi connectivity index (χ2n) is 8.01. The first-order chi connectivity index (χ1) is 13.2. The third kappa shape index (κ3) is 2.75. The molecule has 0 amide bonds. The summed E-state index contributed by atoms with van der Waals surface area (Å²) in [7, 11) is 0. The standard InChI is InChI=1S/C27H26/c1-3-19-16-22-13-14-24-23-7-5-4-6-20(23)12-15-25(24)27(22)26(17-19)21-10-8-18(2)9-11-21/h5,7-11,13-14,16-17H,3-4,6,12,15H2,1-2H3. The first-order valence-corrected chi connectivity index (χ1v) is 10.3. The summed E-state index contributed by atoms with van der Waals surface area (Å²) in [4.78, 5) is 0. The van der Waals surface area contributed by atoms with E-state index in [9.17, 15) is 0 Å². The van der Waals surface area contributed by atoms with E-state index < -0.39 is 0 Å². The highest BCUT2D eigenvalue weighted by Crippen LogP contribution is 2.43. The lowest BCUT2D eigenvalue weighted by Crippen LogP contribution is -2.07. The van der Waals surface area contributed by atoms with E-state index in [1.807, 2.05) is 0 Å². The molecule has 27 heavy (non-hydrogen) atoms. The maximum absolute atomic E-state index is 2.42. The Morgan fingerprint density at radius 1 is 0.852 bits per heavy atom. The van der Waals surface area contributed by atoms with Crippen LogP contribution in [0, 0.1) is 6.92 Å². The normalized spacial score (nSPS) is 15.8. The Bertz CT molecular complexity index is 1090. The summed E-state index contributed by atoms with van der Waals surface area (Å²) >= 11 is 0. The van der Waals surface area contributed by atoms with Crippen molar-refractivity contribution in [1.29, 1.82) is 0 Å². The van der Waals surface area contributed by atoms with Crippen LogP contribution in [-0.4, -0.2) is 0 Å². The highest BCUT2D eigenvalue weighted by atomic mass is 14.3. The van der Waals surface area contributed by atoms with Gasteiger partial charge in [-0.25, -0.2) is 0 Å². The van der Waals surface area contributed by atoms with Crippen LogP contribution in [0.3, 0.4) is 0 Å². The van der Waals surface area contributed by atoms with Gasteiger partial charge < -0.3 is 0 Å². The molecule has 0 N–H and O–H groups in total. The molecule has 0 atom stereocenters. The second-order valence-corrected chi connectivity index (χ2v) is 8.01. The van der Waals surface area contributed by atoms with Crippen molar-refractivity contribution >= 4 is 16.3 Å². The van der Waals surface area contributed by atoms with Crippen molar-refractivity contribution < 1.29 is 0 Å². The van der Waals surface area contributed by atoms with Gasteiger partial charge in [-0.2, -0.15) is 0 Å². The zero-order valence-corrected chi connectivity index (χ0v) is 16.3. The Hall–Kier alpha value is -2.60. The molecule has 0 aromatic heterocycles. The molecule has 5 rings (SSSR count). The fourth-order valence-corrected chi connectivity index (χ4v) is 4.81. The molecule has 0 unspecified atom stereocenters. The molecule has 3 aromatic carbocycles. The van der Waals surface area contributed by atoms with Crippen molar-refractivity contribution in [3.63, 3.8) is 0 Å². The van der Waals surface area contributed by atoms with E-state index in [0.29, 0.717) is 0 Å². The summed E-state index contributed by atoms with van der Waals surface area (Å²) < 4.78 is 0. The van der Waals surface area contributed by atoms with E-state index in [1.165, 1.54) is 69.8 Å². The van der Waals surface area contributed by atoms with Gasteiger partial charge in [0.1, 0.15) is 0 Å². The smallest absolute Gasteiger partial charge is 0.00668 e. The molecule has 0 fully saturated rings. The minimum absolute atomic E-state index is 1.07. The SMILES string of the molecule is CCc1cc(-c2ccc(C)cc2)c2c3c(ccc2c1)C1=C(CCC=C1)CC3. The Morgan fingerprint density at radius 3 is 2.52 bits per heavy atom. The minimum Gasteiger partial charge on any atom is -0.0836 e. The summed E-state index contributed by atoms with van der Waals surface area (Å²) in [6, 6.07) is 18.6. The molecule has 2 aliphatic rings. The van der Waals surface area contributed by atoms with Gasteiger partial charge in [0.2, 0.25) is 0 Å². The molecule has 134 valence electrons. The molecular formula is C27H26. The predicted molar refractivity (Wildman–Crippen MR) is 117 cm³/mol. The van der Waals surface area contributed by atoms with Gasteiger partial charge in [0.15, 0.2) is 0 Å². The first-order valence-electron chi connectivity index (χ1n) is 10.3. The van der Waals surface area contributed by atoms with Gasteiger partial charge in [0.05, 0.1) is 0 Å². The summed E-state index contributed by atoms with van der Waals surface area (Å²) in [6.07, 6.45) is 10.6. The van der Waals surface area contributed by atoms with Crippen LogP contribution in [0.4, 0.5) is 0 Å². The molecule has 0 heteroatoms. The summed E-state index contributed by atoms with van der Waals surface area (Å²) in [6.45, 7) is 4.41. The second kappa shape index (κ2) is 6.53. The van der Waals surface area contributed by atoms with Crippen molar-refractivity contribution in [2.75, 3.05) is 0 Å². The summed E-state index contributed by atoms with van der Waals surface area (Å²) in [5, 5.41) is 2.87. The quantitative estimate of drug-likeness (QED) is 0.451. The lowest BCUT2D eigenvalue weighted by molar-refractivity contribution is 0.831. The molecule has 0 bridgehead atoms. The molecule has 3 aromatic rings. The van der Waals surface area contributed by atoms with Crippen molar-refractivity contribution in [2.45, 2.75) is 46.0 Å². The maximum Gasteiger partial charge on any atom is -0.00668 e. The number of aryl methyl sites for hydroxylation is 3. The Labute approximate surface area is 162 Å². The fraction of sp³-hybridized carbons (Fsp3) is 0.259. The van der Waals surface area contributed by atoms with Crippen LogP contribution in [0.5, 0.6) is 0 Å². The monoisotopic (exact) mass is 350 g/mol. The van der Waals surface area contributed by atoms with E-state index in [1.54, 1.807) is 11.1 Å². The van der Waals surface area contributed by atoms with Crippen LogP contribution < -0.4 is 0 Å². The van der Waals surface area contributed by atoms with E-state index in [-0.39, 0.29) is 0 Å². The first kappa shape index (κ1) is 16.6. The van der Waals surface area contributed by atoms with Crippen molar-refractivity contribution in [3.8, 4) is 11.1 Å². The topological polar surface area (TPSA) is 0 Å². The molecule has 0 nitrogen and oxygen atoms in total. The molecule has 0 spiro atoms. The molecule has 2 aliphatic carbocycles. The Kier molecular flexibility index (Phi) is 4.01. The third-order valence-electron chi connectivity index (χ3n) is 6.30. The number of benzene rings is 3. The van der Waals surface area contributed by atoms with Crippen LogP contribution in [0.25, 0.3) is 27.5 Å². The third-order valence-corrected chi connectivity index (χ3v) is 6.30. The number of allylic oxidation sites excluding steroid dienone is 4. The van der Waals surface area contributed by atoms with Gasteiger partial charge in [-0.3, -0.25) is 0 Å². The highest BCUT2D eigenvalue weighted by molar-refractivity contribution is 6.03. The molecule has 0 radical (unpaired) electrons. The van der Waals surface area contributed by atoms with E-state index >= 15 is 0 Å². The van der Waals surface area contributed by atoms with Crippen molar-refractivity contribution in [1.82, 2.24) is 0 Å². The van der Waals surface area contributed by atoms with Crippen LogP contribution in [-0.2, 0) is 12.8 Å². The average molecular weight is 351 g/mol. The zero-order valence-electron chi connectivity index (χ0n) is 16.3. The van der Waals surface area contributed by atoms with Gasteiger partial charge in [-0.05, 0) is 83.2 Å². The predicted octanol–water partition coefficient (Wildman–Crippen LogP) is 7.43. The molecule has 0 aliphatic heterocycles. The zero-order chi connectivity index (χ0) is 18.4. The Morgan fingerprint density at radius 2 is 1.70 bits per heavy atom. The van der Waals surface area contributed by atoms with E-state index in [2.05, 4.69) is 74.5 Å². The number of rotatable bonds is 2. The molecular weight excluding hydrogens is 324 g/mol. The van der Waals surface area contributed by atoms with E-state index in [4.69, 9.17) is 0 Å².